The first kappa shape index (κ1) is 25.8. The van der Waals surface area contributed by atoms with E-state index in [1.165, 1.54) is 25.6 Å². The number of piperidine rings is 1. The fraction of sp³-hybridized carbons (Fsp3) is 0.524. The number of carbonyl (C=O) groups is 1. The Morgan fingerprint density at radius 2 is 1.88 bits per heavy atom. The fourth-order valence-corrected chi connectivity index (χ4v) is 4.93. The van der Waals surface area contributed by atoms with Crippen molar-refractivity contribution >= 4 is 46.4 Å². The van der Waals surface area contributed by atoms with Crippen LogP contribution in [0.4, 0.5) is 18.9 Å². The van der Waals surface area contributed by atoms with Gasteiger partial charge in [-0.05, 0) is 31.7 Å². The van der Waals surface area contributed by atoms with E-state index in [-0.39, 0.29) is 24.1 Å². The van der Waals surface area contributed by atoms with E-state index in [1.807, 2.05) is 0 Å². The number of carbonyl (C=O) groups excluding carboxylic acids is 1. The zero-order valence-corrected chi connectivity index (χ0v) is 20.5. The van der Waals surface area contributed by atoms with E-state index in [2.05, 4.69) is 15.3 Å². The van der Waals surface area contributed by atoms with Crippen LogP contribution in [0.5, 0.6) is 5.75 Å². The molecule has 182 valence electrons. The number of rotatable bonds is 6. The number of methoxy groups -OCH3 is 1. The quantitative estimate of drug-likeness (QED) is 0.531. The number of nitrogens with one attached hydrogen (secondary N) is 1. The molecule has 1 amide bonds. The summed E-state index contributed by atoms with van der Waals surface area (Å²) in [5.41, 5.74) is -0.127. The lowest BCUT2D eigenvalue weighted by atomic mass is 9.88. The van der Waals surface area contributed by atoms with Crippen molar-refractivity contribution in [3.05, 3.63) is 38.6 Å². The van der Waals surface area contributed by atoms with Crippen molar-refractivity contribution in [2.75, 3.05) is 25.1 Å². The Hall–Kier alpha value is -1.84. The molecule has 1 aliphatic heterocycles. The smallest absolute Gasteiger partial charge is 0.436 e. The monoisotopic (exact) mass is 526 g/mol. The third kappa shape index (κ3) is 5.81. The number of amides is 1. The van der Waals surface area contributed by atoms with Crippen molar-refractivity contribution in [2.45, 2.75) is 45.5 Å². The van der Waals surface area contributed by atoms with Crippen LogP contribution in [0.2, 0.25) is 15.1 Å². The number of nitrogens with zero attached hydrogens (tertiary/aromatic N) is 3. The molecular formula is C21H24Cl3F3N4O2. The number of benzene rings is 1. The lowest BCUT2D eigenvalue weighted by molar-refractivity contribution is -0.141. The van der Waals surface area contributed by atoms with Gasteiger partial charge in [-0.1, -0.05) is 34.8 Å². The molecule has 6 nitrogen and oxygen atoms in total. The summed E-state index contributed by atoms with van der Waals surface area (Å²) in [5.74, 6) is 0.274. The van der Waals surface area contributed by atoms with Gasteiger partial charge in [0, 0.05) is 26.1 Å². The summed E-state index contributed by atoms with van der Waals surface area (Å²) in [6, 6.07) is 3.01. The summed E-state index contributed by atoms with van der Waals surface area (Å²) in [7, 11) is 1.52. The maximum absolute atomic E-state index is 13.2. The second-order valence-corrected chi connectivity index (χ2v) is 9.19. The van der Waals surface area contributed by atoms with Gasteiger partial charge in [0.05, 0.1) is 46.1 Å². The van der Waals surface area contributed by atoms with Crippen LogP contribution in [0.3, 0.4) is 0 Å². The predicted octanol–water partition coefficient (Wildman–Crippen LogP) is 5.60. The molecule has 33 heavy (non-hydrogen) atoms. The third-order valence-electron chi connectivity index (χ3n) is 5.83. The summed E-state index contributed by atoms with van der Waals surface area (Å²) in [4.78, 5) is 13.9. The molecule has 1 N–H and O–H groups in total. The van der Waals surface area contributed by atoms with Crippen molar-refractivity contribution < 1.29 is 22.7 Å². The van der Waals surface area contributed by atoms with Crippen molar-refractivity contribution in [2.24, 2.45) is 5.92 Å². The first-order valence-corrected chi connectivity index (χ1v) is 11.4. The molecule has 12 heteroatoms. The number of alkyl halides is 3. The Bertz CT molecular complexity index is 1020. The van der Waals surface area contributed by atoms with Crippen LogP contribution < -0.4 is 15.0 Å². The number of hydrogen-bond acceptors (Lipinski definition) is 4. The number of ether oxygens (including phenoxy) is 1. The number of anilines is 1. The third-order valence-corrected chi connectivity index (χ3v) is 6.88. The Morgan fingerprint density at radius 3 is 2.39 bits per heavy atom. The van der Waals surface area contributed by atoms with Crippen molar-refractivity contribution in [3.8, 4) is 5.75 Å². The molecule has 0 bridgehead atoms. The summed E-state index contributed by atoms with van der Waals surface area (Å²) in [6.45, 7) is 4.22. The molecule has 0 spiro atoms. The van der Waals surface area contributed by atoms with Gasteiger partial charge in [0.15, 0.2) is 5.69 Å². The molecule has 1 aromatic carbocycles. The minimum Gasteiger partial charge on any atom is -0.495 e. The molecule has 0 saturated carbocycles. The molecule has 1 atom stereocenters. The Labute approximate surface area is 204 Å². The van der Waals surface area contributed by atoms with Crippen LogP contribution in [0.15, 0.2) is 12.1 Å². The molecule has 1 fully saturated rings. The summed E-state index contributed by atoms with van der Waals surface area (Å²) in [6.07, 6.45) is -3.28. The Kier molecular flexibility index (Phi) is 7.96. The maximum atomic E-state index is 13.2. The van der Waals surface area contributed by atoms with E-state index in [1.54, 1.807) is 12.1 Å². The van der Waals surface area contributed by atoms with E-state index in [9.17, 15) is 18.0 Å². The minimum absolute atomic E-state index is 0.0230. The zero-order chi connectivity index (χ0) is 24.5. The summed E-state index contributed by atoms with van der Waals surface area (Å²) < 4.78 is 46.1. The highest BCUT2D eigenvalue weighted by molar-refractivity contribution is 6.37. The van der Waals surface area contributed by atoms with Crippen LogP contribution in [0.25, 0.3) is 0 Å². The van der Waals surface area contributed by atoms with Crippen molar-refractivity contribution in [1.82, 2.24) is 15.1 Å². The molecule has 1 aliphatic rings. The average Bonchev–Trinajstić information content (AvgIpc) is 3.02. The van der Waals surface area contributed by atoms with E-state index in [0.717, 1.165) is 5.69 Å². The largest absolute Gasteiger partial charge is 0.495 e. The zero-order valence-electron chi connectivity index (χ0n) is 18.3. The SMILES string of the molecule is COc1cc(N2CCC(C(Cn3nc(C(F)(F)F)c(Cl)c3C)NC(C)=O)CC2)c(Cl)cc1Cl. The molecule has 1 saturated heterocycles. The van der Waals surface area contributed by atoms with Gasteiger partial charge in [-0.25, -0.2) is 0 Å². The Morgan fingerprint density at radius 1 is 1.24 bits per heavy atom. The van der Waals surface area contributed by atoms with Gasteiger partial charge in [0.25, 0.3) is 0 Å². The molecule has 0 aliphatic carbocycles. The van der Waals surface area contributed by atoms with Gasteiger partial charge in [-0.3, -0.25) is 9.48 Å². The van der Waals surface area contributed by atoms with E-state index >= 15 is 0 Å². The van der Waals surface area contributed by atoms with Crippen LogP contribution in [0.1, 0.15) is 31.2 Å². The van der Waals surface area contributed by atoms with Crippen LogP contribution >= 0.6 is 34.8 Å². The highest BCUT2D eigenvalue weighted by Crippen LogP contribution is 2.39. The van der Waals surface area contributed by atoms with Gasteiger partial charge in [-0.2, -0.15) is 18.3 Å². The number of halogens is 6. The average molecular weight is 528 g/mol. The molecule has 2 aromatic rings. The molecule has 0 radical (unpaired) electrons. The van der Waals surface area contributed by atoms with E-state index in [0.29, 0.717) is 41.7 Å². The lowest BCUT2D eigenvalue weighted by Crippen LogP contribution is -2.47. The van der Waals surface area contributed by atoms with Crippen LogP contribution in [-0.4, -0.2) is 41.9 Å². The van der Waals surface area contributed by atoms with Gasteiger partial charge in [-0.15, -0.1) is 0 Å². The van der Waals surface area contributed by atoms with Gasteiger partial charge >= 0.3 is 6.18 Å². The first-order valence-electron chi connectivity index (χ1n) is 10.3. The summed E-state index contributed by atoms with van der Waals surface area (Å²) >= 11 is 18.4. The maximum Gasteiger partial charge on any atom is 0.436 e. The molecular weight excluding hydrogens is 504 g/mol. The van der Waals surface area contributed by atoms with Gasteiger partial charge in [0.1, 0.15) is 5.75 Å². The predicted molar refractivity (Wildman–Crippen MR) is 123 cm³/mol. The standard InChI is InChI=1S/C21H24Cl3F3N4O2/c1-11-19(24)20(21(25,26)27)29-31(11)10-16(28-12(2)32)13-4-6-30(7-5-13)17-9-18(33-3)15(23)8-14(17)22/h8-9,13,16H,4-7,10H2,1-3H3,(H,28,32). The Balaban J connectivity index is 1.77. The number of hydrogen-bond donors (Lipinski definition) is 1. The van der Waals surface area contributed by atoms with Gasteiger partial charge < -0.3 is 15.0 Å². The highest BCUT2D eigenvalue weighted by atomic mass is 35.5. The number of aromatic nitrogens is 2. The second kappa shape index (κ2) is 10.2. The molecule has 1 unspecified atom stereocenters. The highest BCUT2D eigenvalue weighted by Gasteiger charge is 2.39. The lowest BCUT2D eigenvalue weighted by Gasteiger charge is -2.38. The second-order valence-electron chi connectivity index (χ2n) is 8.00. The van der Waals surface area contributed by atoms with Crippen molar-refractivity contribution in [3.63, 3.8) is 0 Å². The van der Waals surface area contributed by atoms with Crippen LogP contribution in [0, 0.1) is 12.8 Å². The van der Waals surface area contributed by atoms with E-state index < -0.39 is 22.9 Å². The molecule has 1 aromatic heterocycles. The van der Waals surface area contributed by atoms with Crippen molar-refractivity contribution in [1.29, 1.82) is 0 Å². The fourth-order valence-electron chi connectivity index (χ4n) is 4.10. The molecule has 3 rings (SSSR count). The van der Waals surface area contributed by atoms with E-state index in [4.69, 9.17) is 39.5 Å². The molecule has 2 heterocycles. The summed E-state index contributed by atoms with van der Waals surface area (Å²) in [5, 5.41) is 7.05. The van der Waals surface area contributed by atoms with Crippen LogP contribution in [-0.2, 0) is 17.5 Å². The van der Waals surface area contributed by atoms with Gasteiger partial charge in [0.2, 0.25) is 5.91 Å². The topological polar surface area (TPSA) is 59.4 Å². The minimum atomic E-state index is -4.65. The first-order chi connectivity index (χ1) is 15.4. The normalized spacial score (nSPS) is 16.1.